The number of hydrogen-bond donors (Lipinski definition) is 0. The molecule has 0 unspecified atom stereocenters. The summed E-state index contributed by atoms with van der Waals surface area (Å²) in [4.78, 5) is 19.9. The number of fused-ring (bicyclic) bond motifs is 1. The maximum absolute atomic E-state index is 13.0. The summed E-state index contributed by atoms with van der Waals surface area (Å²) in [5, 5.41) is 2.29. The molecule has 5 rings (SSSR count). The molecule has 2 saturated heterocycles. The molecule has 0 saturated carbocycles. The second-order valence-electron chi connectivity index (χ2n) is 8.41. The smallest absolute Gasteiger partial charge is 0.253 e. The van der Waals surface area contributed by atoms with Gasteiger partial charge in [-0.3, -0.25) is 4.79 Å². The molecule has 154 valence electrons. The normalized spacial score (nSPS) is 17.4. The first-order chi connectivity index (χ1) is 14.8. The van der Waals surface area contributed by atoms with Crippen molar-refractivity contribution in [2.24, 2.45) is 0 Å². The van der Waals surface area contributed by atoms with Crippen LogP contribution in [0.15, 0.2) is 66.7 Å². The van der Waals surface area contributed by atoms with Crippen molar-refractivity contribution in [2.75, 3.05) is 49.1 Å². The van der Waals surface area contributed by atoms with Crippen molar-refractivity contribution in [3.8, 4) is 0 Å². The lowest BCUT2D eigenvalue weighted by atomic mass is 10.1. The number of nitrogens with zero attached hydrogens (tertiary/aromatic N) is 3. The number of piperazine rings is 1. The van der Waals surface area contributed by atoms with Crippen LogP contribution in [0.5, 0.6) is 0 Å². The lowest BCUT2D eigenvalue weighted by Crippen LogP contribution is -2.48. The zero-order chi connectivity index (χ0) is 20.3. The largest absolute Gasteiger partial charge is 0.372 e. The summed E-state index contributed by atoms with van der Waals surface area (Å²) >= 11 is 0. The van der Waals surface area contributed by atoms with Crippen LogP contribution >= 0.6 is 0 Å². The average molecular weight is 400 g/mol. The van der Waals surface area contributed by atoms with Gasteiger partial charge in [0.2, 0.25) is 0 Å². The van der Waals surface area contributed by atoms with E-state index in [-0.39, 0.29) is 5.91 Å². The molecule has 0 bridgehead atoms. The monoisotopic (exact) mass is 399 g/mol. The summed E-state index contributed by atoms with van der Waals surface area (Å²) in [5.74, 6) is 0.140. The topological polar surface area (TPSA) is 26.8 Å². The van der Waals surface area contributed by atoms with Crippen molar-refractivity contribution in [3.05, 3.63) is 72.3 Å². The predicted octanol–water partition coefficient (Wildman–Crippen LogP) is 4.79. The lowest BCUT2D eigenvalue weighted by Gasteiger charge is -2.36. The number of anilines is 2. The van der Waals surface area contributed by atoms with Crippen molar-refractivity contribution in [3.63, 3.8) is 0 Å². The number of carbonyl (C=O) groups excluding carboxylic acids is 1. The highest BCUT2D eigenvalue weighted by molar-refractivity contribution is 5.98. The fourth-order valence-corrected chi connectivity index (χ4v) is 4.70. The van der Waals surface area contributed by atoms with Crippen LogP contribution in [0.1, 0.15) is 29.6 Å². The fourth-order valence-electron chi connectivity index (χ4n) is 4.70. The van der Waals surface area contributed by atoms with Gasteiger partial charge in [-0.1, -0.05) is 30.3 Å². The zero-order valence-corrected chi connectivity index (χ0v) is 17.5. The van der Waals surface area contributed by atoms with Crippen LogP contribution in [0.25, 0.3) is 10.8 Å². The Morgan fingerprint density at radius 2 is 1.20 bits per heavy atom. The van der Waals surface area contributed by atoms with Crippen LogP contribution in [-0.4, -0.2) is 50.1 Å². The zero-order valence-electron chi connectivity index (χ0n) is 17.5. The molecule has 3 aromatic rings. The lowest BCUT2D eigenvalue weighted by molar-refractivity contribution is 0.0747. The third-order valence-corrected chi connectivity index (χ3v) is 6.50. The van der Waals surface area contributed by atoms with Crippen molar-refractivity contribution in [2.45, 2.75) is 19.3 Å². The van der Waals surface area contributed by atoms with Crippen LogP contribution in [0.3, 0.4) is 0 Å². The Hall–Kier alpha value is -3.01. The first kappa shape index (κ1) is 19.0. The van der Waals surface area contributed by atoms with Crippen LogP contribution in [0.4, 0.5) is 11.4 Å². The van der Waals surface area contributed by atoms with E-state index in [9.17, 15) is 4.79 Å². The molecule has 0 aromatic heterocycles. The molecule has 0 radical (unpaired) electrons. The van der Waals surface area contributed by atoms with Crippen LogP contribution in [0.2, 0.25) is 0 Å². The minimum atomic E-state index is 0.140. The summed E-state index contributed by atoms with van der Waals surface area (Å²) in [7, 11) is 0. The first-order valence-corrected chi connectivity index (χ1v) is 11.2. The van der Waals surface area contributed by atoms with Gasteiger partial charge in [-0.25, -0.2) is 0 Å². The number of hydrogen-bond acceptors (Lipinski definition) is 3. The van der Waals surface area contributed by atoms with E-state index in [1.165, 1.54) is 49.1 Å². The molecule has 2 fully saturated rings. The quantitative estimate of drug-likeness (QED) is 0.633. The third-order valence-electron chi connectivity index (χ3n) is 6.50. The van der Waals surface area contributed by atoms with Crippen LogP contribution in [0, 0.1) is 0 Å². The summed E-state index contributed by atoms with van der Waals surface area (Å²) in [6.45, 7) is 5.63. The van der Waals surface area contributed by atoms with Crippen LogP contribution in [-0.2, 0) is 0 Å². The molecule has 30 heavy (non-hydrogen) atoms. The Kier molecular flexibility index (Phi) is 5.31. The molecular formula is C26H29N3O. The van der Waals surface area contributed by atoms with E-state index < -0.39 is 0 Å². The summed E-state index contributed by atoms with van der Waals surface area (Å²) in [5.41, 5.74) is 3.38. The van der Waals surface area contributed by atoms with Gasteiger partial charge >= 0.3 is 0 Å². The highest BCUT2D eigenvalue weighted by atomic mass is 16.2. The number of piperidine rings is 1. The molecule has 2 aliphatic heterocycles. The maximum atomic E-state index is 13.0. The van der Waals surface area contributed by atoms with Gasteiger partial charge in [-0.05, 0) is 66.4 Å². The van der Waals surface area contributed by atoms with Gasteiger partial charge in [-0.2, -0.15) is 0 Å². The van der Waals surface area contributed by atoms with Crippen LogP contribution < -0.4 is 9.80 Å². The van der Waals surface area contributed by atoms with E-state index >= 15 is 0 Å². The standard InChI is InChI=1S/C26H29N3O/c30-26(23-9-8-21-6-2-3-7-22(21)20-23)29-18-16-28(17-19-29)25-12-10-24(11-13-25)27-14-4-1-5-15-27/h2-3,6-13,20H,1,4-5,14-19H2. The summed E-state index contributed by atoms with van der Waals surface area (Å²) in [6, 6.07) is 23.2. The highest BCUT2D eigenvalue weighted by Crippen LogP contribution is 2.25. The molecule has 0 aliphatic carbocycles. The maximum Gasteiger partial charge on any atom is 0.253 e. The van der Waals surface area contributed by atoms with Gasteiger partial charge in [-0.15, -0.1) is 0 Å². The molecule has 0 N–H and O–H groups in total. The van der Waals surface area contributed by atoms with E-state index in [4.69, 9.17) is 0 Å². The molecule has 0 atom stereocenters. The van der Waals surface area contributed by atoms with E-state index in [1.807, 2.05) is 35.2 Å². The van der Waals surface area contributed by atoms with Crippen molar-refractivity contribution < 1.29 is 4.79 Å². The number of amides is 1. The minimum Gasteiger partial charge on any atom is -0.372 e. The fraction of sp³-hybridized carbons (Fsp3) is 0.346. The van der Waals surface area contributed by atoms with Crippen molar-refractivity contribution >= 4 is 28.1 Å². The third kappa shape index (κ3) is 3.87. The van der Waals surface area contributed by atoms with Gasteiger partial charge in [0.15, 0.2) is 0 Å². The molecule has 2 heterocycles. The first-order valence-electron chi connectivity index (χ1n) is 11.2. The number of carbonyl (C=O) groups is 1. The molecule has 2 aliphatic rings. The van der Waals surface area contributed by atoms with Gasteiger partial charge in [0, 0.05) is 56.2 Å². The minimum absolute atomic E-state index is 0.140. The average Bonchev–Trinajstić information content (AvgIpc) is 2.84. The summed E-state index contributed by atoms with van der Waals surface area (Å²) in [6.07, 6.45) is 3.96. The SMILES string of the molecule is O=C(c1ccc2ccccc2c1)N1CCN(c2ccc(N3CCCCC3)cc2)CC1. The van der Waals surface area contributed by atoms with Crippen molar-refractivity contribution in [1.82, 2.24) is 4.90 Å². The second-order valence-corrected chi connectivity index (χ2v) is 8.41. The molecule has 1 amide bonds. The highest BCUT2D eigenvalue weighted by Gasteiger charge is 2.22. The Morgan fingerprint density at radius 3 is 1.87 bits per heavy atom. The summed E-state index contributed by atoms with van der Waals surface area (Å²) < 4.78 is 0. The number of benzene rings is 3. The van der Waals surface area contributed by atoms with Gasteiger partial charge in [0.1, 0.15) is 0 Å². The Morgan fingerprint density at radius 1 is 0.600 bits per heavy atom. The second kappa shape index (κ2) is 8.39. The van der Waals surface area contributed by atoms with E-state index in [0.29, 0.717) is 0 Å². The molecule has 0 spiro atoms. The molecule has 4 heteroatoms. The van der Waals surface area contributed by atoms with Gasteiger partial charge in [0.25, 0.3) is 5.91 Å². The number of rotatable bonds is 3. The molecule has 4 nitrogen and oxygen atoms in total. The van der Waals surface area contributed by atoms with Gasteiger partial charge < -0.3 is 14.7 Å². The van der Waals surface area contributed by atoms with Crippen molar-refractivity contribution in [1.29, 1.82) is 0 Å². The predicted molar refractivity (Wildman–Crippen MR) is 125 cm³/mol. The van der Waals surface area contributed by atoms with Gasteiger partial charge in [0.05, 0.1) is 0 Å². The molecular weight excluding hydrogens is 370 g/mol. The van der Waals surface area contributed by atoms with E-state index in [2.05, 4.69) is 46.2 Å². The van der Waals surface area contributed by atoms with E-state index in [0.717, 1.165) is 37.1 Å². The Balaban J connectivity index is 1.21. The Bertz CT molecular complexity index is 1020. The Labute approximate surface area is 178 Å². The molecule has 3 aromatic carbocycles. The van der Waals surface area contributed by atoms with E-state index in [1.54, 1.807) is 0 Å².